The Bertz CT molecular complexity index is 1170. The van der Waals surface area contributed by atoms with E-state index in [1.807, 2.05) is 13.8 Å². The Kier molecular flexibility index (Phi) is 5.83. The Morgan fingerprint density at radius 3 is 2.91 bits per heavy atom. The van der Waals surface area contributed by atoms with Crippen LogP contribution in [0.1, 0.15) is 38.4 Å². The van der Waals surface area contributed by atoms with E-state index in [-0.39, 0.29) is 34.3 Å². The number of rotatable bonds is 5. The number of methoxy groups -OCH3 is 1. The first-order valence-electron chi connectivity index (χ1n) is 9.78. The van der Waals surface area contributed by atoms with Gasteiger partial charge in [-0.25, -0.2) is 0 Å². The molecule has 1 atom stereocenters. The van der Waals surface area contributed by atoms with E-state index in [4.69, 9.17) is 10.2 Å². The largest absolute Gasteiger partial charge is 0.468 e. The van der Waals surface area contributed by atoms with E-state index in [1.54, 1.807) is 17.0 Å². The minimum Gasteiger partial charge on any atom is -0.468 e. The number of furan rings is 1. The highest BCUT2D eigenvalue weighted by atomic mass is 32.2. The third kappa shape index (κ3) is 3.91. The van der Waals surface area contributed by atoms with Crippen molar-refractivity contribution in [1.29, 1.82) is 5.26 Å². The number of nitriles is 1. The molecule has 0 saturated carbocycles. The molecule has 2 aromatic rings. The van der Waals surface area contributed by atoms with E-state index in [0.29, 0.717) is 39.3 Å². The molecule has 9 nitrogen and oxygen atoms in total. The van der Waals surface area contributed by atoms with Crippen LogP contribution in [0, 0.1) is 16.7 Å². The van der Waals surface area contributed by atoms with Gasteiger partial charge in [0, 0.05) is 17.7 Å². The van der Waals surface area contributed by atoms with Crippen LogP contribution in [0.15, 0.2) is 49.8 Å². The number of anilines is 1. The number of nitrogens with two attached hydrogens (primary N) is 1. The van der Waals surface area contributed by atoms with Gasteiger partial charge in [-0.3, -0.25) is 14.5 Å². The number of carbonyl (C=O) groups excluding carboxylic acids is 2. The van der Waals surface area contributed by atoms with Crippen molar-refractivity contribution in [3.8, 4) is 6.07 Å². The smallest absolute Gasteiger partial charge is 0.316 e. The molecule has 2 aromatic heterocycles. The molecule has 1 aliphatic carbocycles. The van der Waals surface area contributed by atoms with E-state index >= 15 is 0 Å². The summed E-state index contributed by atoms with van der Waals surface area (Å²) in [7, 11) is 1.32. The van der Waals surface area contributed by atoms with Crippen LogP contribution in [0.3, 0.4) is 0 Å². The van der Waals surface area contributed by atoms with Crippen molar-refractivity contribution in [3.05, 3.63) is 46.8 Å². The summed E-state index contributed by atoms with van der Waals surface area (Å²) in [6.45, 7) is 4.04. The molecule has 0 aromatic carbocycles. The number of ether oxygens (including phenoxy) is 1. The number of carbonyl (C=O) groups is 2. The normalized spacial score (nSPS) is 20.2. The van der Waals surface area contributed by atoms with Gasteiger partial charge in [0.25, 0.3) is 0 Å². The van der Waals surface area contributed by atoms with Gasteiger partial charge in [-0.05, 0) is 24.0 Å². The van der Waals surface area contributed by atoms with Crippen LogP contribution >= 0.6 is 23.1 Å². The summed E-state index contributed by atoms with van der Waals surface area (Å²) >= 11 is 2.43. The third-order valence-corrected chi connectivity index (χ3v) is 7.35. The van der Waals surface area contributed by atoms with Crippen LogP contribution in [0.5, 0.6) is 0 Å². The first-order valence-corrected chi connectivity index (χ1v) is 11.6. The highest BCUT2D eigenvalue weighted by molar-refractivity contribution is 8.01. The number of esters is 1. The van der Waals surface area contributed by atoms with Crippen LogP contribution in [-0.2, 0) is 14.3 Å². The number of hydrogen-bond donors (Lipinski definition) is 1. The molecule has 0 radical (unpaired) electrons. The summed E-state index contributed by atoms with van der Waals surface area (Å²) < 4.78 is 10.8. The number of hydrogen-bond acceptors (Lipinski definition) is 11. The summed E-state index contributed by atoms with van der Waals surface area (Å²) in [5.74, 6) is -0.296. The van der Waals surface area contributed by atoms with Crippen LogP contribution in [-0.4, -0.2) is 34.8 Å². The van der Waals surface area contributed by atoms with Crippen LogP contribution in [0.25, 0.3) is 0 Å². The molecule has 0 saturated heterocycles. The molecule has 2 N–H and O–H groups in total. The van der Waals surface area contributed by atoms with Gasteiger partial charge >= 0.3 is 5.97 Å². The van der Waals surface area contributed by atoms with Gasteiger partial charge < -0.3 is 14.9 Å². The van der Waals surface area contributed by atoms with E-state index in [1.165, 1.54) is 36.5 Å². The summed E-state index contributed by atoms with van der Waals surface area (Å²) in [4.78, 5) is 26.4. The number of aromatic nitrogens is 2. The van der Waals surface area contributed by atoms with Crippen LogP contribution in [0.2, 0.25) is 0 Å². The van der Waals surface area contributed by atoms with Crippen molar-refractivity contribution in [2.75, 3.05) is 17.8 Å². The second-order valence-electron chi connectivity index (χ2n) is 8.21. The molecule has 1 unspecified atom stereocenters. The SMILES string of the molecule is COC(=O)CSc1nnc(N2C(N)=C(C#N)C(c3ccco3)C3=C2CC(C)(C)CC3=O)s1. The molecule has 3 heterocycles. The minimum atomic E-state index is -0.661. The van der Waals surface area contributed by atoms with E-state index < -0.39 is 5.92 Å². The lowest BCUT2D eigenvalue weighted by atomic mass is 9.69. The third-order valence-electron chi connectivity index (χ3n) is 5.34. The Balaban J connectivity index is 1.82. The summed E-state index contributed by atoms with van der Waals surface area (Å²) in [6.07, 6.45) is 2.43. The lowest BCUT2D eigenvalue weighted by molar-refractivity contribution is -0.137. The molecule has 166 valence electrons. The van der Waals surface area contributed by atoms with Crippen molar-refractivity contribution in [2.24, 2.45) is 11.1 Å². The molecule has 0 bridgehead atoms. The number of Topliss-reactive ketones (excluding diaryl/α,β-unsaturated/α-hetero) is 1. The van der Waals surface area contributed by atoms with E-state index in [0.717, 1.165) is 0 Å². The molecule has 0 fully saturated rings. The Labute approximate surface area is 192 Å². The summed E-state index contributed by atoms with van der Waals surface area (Å²) in [5, 5.41) is 18.8. The van der Waals surface area contributed by atoms with E-state index in [2.05, 4.69) is 21.0 Å². The highest BCUT2D eigenvalue weighted by Crippen LogP contribution is 2.50. The first kappa shape index (κ1) is 22.1. The average molecular weight is 472 g/mol. The number of thioether (sulfide) groups is 1. The first-order chi connectivity index (χ1) is 15.3. The topological polar surface area (TPSA) is 135 Å². The van der Waals surface area contributed by atoms with Crippen molar-refractivity contribution in [1.82, 2.24) is 10.2 Å². The van der Waals surface area contributed by atoms with Gasteiger partial charge in [-0.15, -0.1) is 10.2 Å². The summed E-state index contributed by atoms with van der Waals surface area (Å²) in [6, 6.07) is 5.64. The maximum Gasteiger partial charge on any atom is 0.316 e. The molecule has 1 aliphatic heterocycles. The monoisotopic (exact) mass is 471 g/mol. The van der Waals surface area contributed by atoms with Crippen molar-refractivity contribution in [2.45, 2.75) is 36.9 Å². The van der Waals surface area contributed by atoms with Gasteiger partial charge in [-0.1, -0.05) is 36.9 Å². The van der Waals surface area contributed by atoms with Crippen molar-refractivity contribution < 1.29 is 18.7 Å². The van der Waals surface area contributed by atoms with Gasteiger partial charge in [0.05, 0.1) is 36.7 Å². The second-order valence-corrected chi connectivity index (χ2v) is 10.4. The highest BCUT2D eigenvalue weighted by Gasteiger charge is 2.46. The lowest BCUT2D eigenvalue weighted by Crippen LogP contribution is -2.42. The maximum atomic E-state index is 13.3. The van der Waals surface area contributed by atoms with Crippen LogP contribution in [0.4, 0.5) is 5.13 Å². The summed E-state index contributed by atoms with van der Waals surface area (Å²) in [5.41, 5.74) is 7.65. The zero-order valence-electron chi connectivity index (χ0n) is 17.7. The van der Waals surface area contributed by atoms with Gasteiger partial charge in [-0.2, -0.15) is 5.26 Å². The maximum absolute atomic E-state index is 13.3. The molecular weight excluding hydrogens is 450 g/mol. The van der Waals surface area contributed by atoms with Crippen LogP contribution < -0.4 is 10.6 Å². The predicted octanol–water partition coefficient (Wildman–Crippen LogP) is 3.34. The quantitative estimate of drug-likeness (QED) is 0.511. The van der Waals surface area contributed by atoms with Gasteiger partial charge in [0.15, 0.2) is 10.1 Å². The van der Waals surface area contributed by atoms with Crippen molar-refractivity contribution in [3.63, 3.8) is 0 Å². The molecular formula is C21H21N5O4S2. The molecule has 0 spiro atoms. The molecule has 4 rings (SSSR count). The molecule has 32 heavy (non-hydrogen) atoms. The van der Waals surface area contributed by atoms with Gasteiger partial charge in [0.2, 0.25) is 5.13 Å². The predicted molar refractivity (Wildman–Crippen MR) is 118 cm³/mol. The number of allylic oxidation sites excluding steroid dienone is 3. The Morgan fingerprint density at radius 2 is 2.25 bits per heavy atom. The fourth-order valence-corrected chi connectivity index (χ4v) is 5.71. The second kappa shape index (κ2) is 8.44. The zero-order chi connectivity index (χ0) is 23.0. The van der Waals surface area contributed by atoms with Gasteiger partial charge in [0.1, 0.15) is 11.6 Å². The van der Waals surface area contributed by atoms with E-state index in [9.17, 15) is 14.9 Å². The fraction of sp³-hybridized carbons (Fsp3) is 0.381. The number of nitrogens with zero attached hydrogens (tertiary/aromatic N) is 4. The Morgan fingerprint density at radius 1 is 1.47 bits per heavy atom. The standard InChI is InChI=1S/C21H21N5O4S2/c1-21(2)7-12-17(13(27)8-21)16(14-5-4-6-30-14)11(9-22)18(23)26(12)19-24-25-20(32-19)31-10-15(28)29-3/h4-6,16H,7-8,10,23H2,1-3H3. The Hall–Kier alpha value is -3.10. The molecule has 11 heteroatoms. The lowest BCUT2D eigenvalue weighted by Gasteiger charge is -2.42. The van der Waals surface area contributed by atoms with Crippen molar-refractivity contribution >= 4 is 40.0 Å². The molecule has 0 amide bonds. The molecule has 2 aliphatic rings. The average Bonchev–Trinajstić information content (AvgIpc) is 3.42. The fourth-order valence-electron chi connectivity index (χ4n) is 4.00. The number of ketones is 1. The minimum absolute atomic E-state index is 0.0484. The zero-order valence-corrected chi connectivity index (χ0v) is 19.4.